The van der Waals surface area contributed by atoms with Gasteiger partial charge < -0.3 is 24.6 Å². The average Bonchev–Trinajstić information content (AvgIpc) is 2.89. The Balaban J connectivity index is 1.89. The van der Waals surface area contributed by atoms with Crippen LogP contribution in [0.1, 0.15) is 54.8 Å². The first-order chi connectivity index (χ1) is 17.7. The zero-order valence-electron chi connectivity index (χ0n) is 22.6. The summed E-state index contributed by atoms with van der Waals surface area (Å²) in [7, 11) is 0. The van der Waals surface area contributed by atoms with Crippen LogP contribution >= 0.6 is 0 Å². The van der Waals surface area contributed by atoms with E-state index in [9.17, 15) is 19.8 Å². The van der Waals surface area contributed by atoms with Crippen molar-refractivity contribution in [3.8, 4) is 11.5 Å². The number of ether oxygens (including phenoxy) is 2. The summed E-state index contributed by atoms with van der Waals surface area (Å²) < 4.78 is 11.4. The maximum absolute atomic E-state index is 11.4. The average molecular weight is 515 g/mol. The Hall–Kier alpha value is -2.78. The molecule has 2 aromatic carbocycles. The fourth-order valence-corrected chi connectivity index (χ4v) is 3.97. The van der Waals surface area contributed by atoms with Crippen LogP contribution in [-0.2, 0) is 0 Å². The zero-order valence-corrected chi connectivity index (χ0v) is 22.6. The first kappa shape index (κ1) is 30.4. The molecule has 0 amide bonds. The number of rotatable bonds is 18. The molecule has 8 nitrogen and oxygen atoms in total. The van der Waals surface area contributed by atoms with E-state index in [1.54, 1.807) is 48.5 Å². The summed E-state index contributed by atoms with van der Waals surface area (Å²) in [5, 5.41) is 21.3. The molecule has 0 aromatic heterocycles. The highest BCUT2D eigenvalue weighted by atomic mass is 16.5. The number of aliphatic hydroxyl groups excluding tert-OH is 2. The van der Waals surface area contributed by atoms with Crippen molar-refractivity contribution in [3.63, 3.8) is 0 Å². The van der Waals surface area contributed by atoms with E-state index in [1.165, 1.54) is 13.8 Å². The number of hydrogen-bond acceptors (Lipinski definition) is 8. The normalized spacial score (nSPS) is 13.0. The highest BCUT2D eigenvalue weighted by Gasteiger charge is 2.17. The van der Waals surface area contributed by atoms with Crippen LogP contribution in [0.3, 0.4) is 0 Å². The molecule has 2 aromatic rings. The van der Waals surface area contributed by atoms with Crippen LogP contribution in [0.2, 0.25) is 0 Å². The topological polar surface area (TPSA) is 99.5 Å². The molecule has 0 radical (unpaired) electrons. The van der Waals surface area contributed by atoms with Crippen LogP contribution < -0.4 is 9.47 Å². The van der Waals surface area contributed by atoms with Crippen LogP contribution in [0.25, 0.3) is 0 Å². The second-order valence-electron chi connectivity index (χ2n) is 9.23. The van der Waals surface area contributed by atoms with Crippen molar-refractivity contribution in [2.45, 2.75) is 46.3 Å². The van der Waals surface area contributed by atoms with Crippen LogP contribution in [0.5, 0.6) is 11.5 Å². The molecule has 0 unspecified atom stereocenters. The monoisotopic (exact) mass is 514 g/mol. The second-order valence-corrected chi connectivity index (χ2v) is 9.23. The first-order valence-electron chi connectivity index (χ1n) is 13.0. The predicted molar refractivity (Wildman–Crippen MR) is 145 cm³/mol. The maximum atomic E-state index is 11.4. The summed E-state index contributed by atoms with van der Waals surface area (Å²) in [6, 6.07) is 13.7. The summed E-state index contributed by atoms with van der Waals surface area (Å²) in [6.45, 7) is 11.8. The number of carbonyl (C=O) groups is 2. The van der Waals surface area contributed by atoms with Crippen molar-refractivity contribution in [3.05, 3.63) is 59.7 Å². The summed E-state index contributed by atoms with van der Waals surface area (Å²) in [5.41, 5.74) is 1.22. The van der Waals surface area contributed by atoms with Crippen molar-refractivity contribution >= 4 is 11.6 Å². The lowest BCUT2D eigenvalue weighted by Gasteiger charge is -2.28. The summed E-state index contributed by atoms with van der Waals surface area (Å²) in [4.78, 5) is 27.2. The van der Waals surface area contributed by atoms with E-state index in [2.05, 4.69) is 18.7 Å². The van der Waals surface area contributed by atoms with Gasteiger partial charge in [0, 0.05) is 24.2 Å². The Morgan fingerprint density at radius 2 is 1.08 bits per heavy atom. The number of nitrogens with zero attached hydrogens (tertiary/aromatic N) is 2. The van der Waals surface area contributed by atoms with E-state index in [0.29, 0.717) is 42.3 Å². The minimum atomic E-state index is -0.756. The largest absolute Gasteiger partial charge is 0.491 e. The Kier molecular flexibility index (Phi) is 13.3. The van der Waals surface area contributed by atoms with Crippen LogP contribution in [0.15, 0.2) is 48.5 Å². The first-order valence-corrected chi connectivity index (χ1v) is 13.0. The summed E-state index contributed by atoms with van der Waals surface area (Å²) in [6.07, 6.45) is -0.608. The number of Topliss-reactive ketones (excluding diaryl/α,β-unsaturated/α-hetero) is 2. The van der Waals surface area contributed by atoms with Gasteiger partial charge >= 0.3 is 0 Å². The Morgan fingerprint density at radius 1 is 0.703 bits per heavy atom. The molecule has 0 saturated heterocycles. The summed E-state index contributed by atoms with van der Waals surface area (Å²) in [5.74, 6) is 1.15. The van der Waals surface area contributed by atoms with Crippen molar-refractivity contribution in [1.82, 2.24) is 9.80 Å². The standard InChI is InChI=1S/C29H42N2O6/c1-5-30(6-2)16-7-17-31(18-26(34)20-36-28-12-8-24(9-13-28)22(3)32)19-27(35)21-37-29-14-10-25(11-15-29)23(4)33/h8-15,26-27,34-35H,5-7,16-21H2,1-4H3/t26-,27-/m0/s1. The van der Waals surface area contributed by atoms with E-state index in [1.807, 2.05) is 4.90 Å². The minimum absolute atomic E-state index is 0.0115. The summed E-state index contributed by atoms with van der Waals surface area (Å²) >= 11 is 0. The molecule has 0 heterocycles. The van der Waals surface area contributed by atoms with Crippen molar-refractivity contribution in [2.24, 2.45) is 0 Å². The molecule has 204 valence electrons. The van der Waals surface area contributed by atoms with E-state index < -0.39 is 12.2 Å². The second kappa shape index (κ2) is 16.1. The third-order valence-corrected chi connectivity index (χ3v) is 6.19. The van der Waals surface area contributed by atoms with Gasteiger partial charge in [-0.15, -0.1) is 0 Å². The fraction of sp³-hybridized carbons (Fsp3) is 0.517. The van der Waals surface area contributed by atoms with Gasteiger partial charge in [0.1, 0.15) is 36.9 Å². The van der Waals surface area contributed by atoms with Crippen LogP contribution in [0, 0.1) is 0 Å². The molecule has 0 bridgehead atoms. The lowest BCUT2D eigenvalue weighted by atomic mass is 10.1. The SMILES string of the molecule is CCN(CC)CCCN(C[C@H](O)COc1ccc(C(C)=O)cc1)C[C@H](O)COc1ccc(C(C)=O)cc1. The number of hydrogen-bond donors (Lipinski definition) is 2. The van der Waals surface area contributed by atoms with Crippen molar-refractivity contribution < 1.29 is 29.3 Å². The Labute approximate surface area is 220 Å². The zero-order chi connectivity index (χ0) is 27.2. The number of ketones is 2. The molecule has 0 saturated carbocycles. The van der Waals surface area contributed by atoms with E-state index in [4.69, 9.17) is 9.47 Å². The fourth-order valence-electron chi connectivity index (χ4n) is 3.97. The van der Waals surface area contributed by atoms with E-state index >= 15 is 0 Å². The maximum Gasteiger partial charge on any atom is 0.159 e. The van der Waals surface area contributed by atoms with Gasteiger partial charge in [0.25, 0.3) is 0 Å². The molecule has 2 rings (SSSR count). The smallest absolute Gasteiger partial charge is 0.159 e. The molecule has 0 aliphatic rings. The van der Waals surface area contributed by atoms with Gasteiger partial charge in [0.05, 0.1) is 0 Å². The third kappa shape index (κ3) is 11.4. The predicted octanol–water partition coefficient (Wildman–Crippen LogP) is 3.31. The molecular formula is C29H42N2O6. The van der Waals surface area contributed by atoms with Gasteiger partial charge in [-0.3, -0.25) is 14.5 Å². The highest BCUT2D eigenvalue weighted by molar-refractivity contribution is 5.94. The molecule has 2 atom stereocenters. The minimum Gasteiger partial charge on any atom is -0.491 e. The van der Waals surface area contributed by atoms with Gasteiger partial charge in [0.2, 0.25) is 0 Å². The van der Waals surface area contributed by atoms with Gasteiger partial charge in [-0.05, 0) is 95.0 Å². The van der Waals surface area contributed by atoms with Crippen molar-refractivity contribution in [2.75, 3.05) is 52.5 Å². The van der Waals surface area contributed by atoms with Gasteiger partial charge in [-0.1, -0.05) is 13.8 Å². The van der Waals surface area contributed by atoms with Crippen LogP contribution in [0.4, 0.5) is 0 Å². The van der Waals surface area contributed by atoms with Crippen molar-refractivity contribution in [1.29, 1.82) is 0 Å². The lowest BCUT2D eigenvalue weighted by molar-refractivity contribution is 0.0300. The lowest BCUT2D eigenvalue weighted by Crippen LogP contribution is -2.42. The molecule has 0 aliphatic carbocycles. The molecule has 0 fully saturated rings. The molecule has 8 heteroatoms. The Morgan fingerprint density at radius 3 is 1.43 bits per heavy atom. The molecule has 2 N–H and O–H groups in total. The molecule has 37 heavy (non-hydrogen) atoms. The van der Waals surface area contributed by atoms with E-state index in [-0.39, 0.29) is 24.8 Å². The number of carbonyl (C=O) groups excluding carboxylic acids is 2. The molecule has 0 aliphatic heterocycles. The quantitative estimate of drug-likeness (QED) is 0.292. The number of benzene rings is 2. The van der Waals surface area contributed by atoms with Gasteiger partial charge in [-0.2, -0.15) is 0 Å². The molecule has 0 spiro atoms. The third-order valence-electron chi connectivity index (χ3n) is 6.19. The van der Waals surface area contributed by atoms with Gasteiger partial charge in [0.15, 0.2) is 11.6 Å². The molecular weight excluding hydrogens is 472 g/mol. The van der Waals surface area contributed by atoms with Gasteiger partial charge in [-0.25, -0.2) is 0 Å². The highest BCUT2D eigenvalue weighted by Crippen LogP contribution is 2.14. The van der Waals surface area contributed by atoms with Crippen LogP contribution in [-0.4, -0.2) is 96.3 Å². The Bertz CT molecular complexity index is 874. The van der Waals surface area contributed by atoms with E-state index in [0.717, 1.165) is 26.1 Å². The number of aliphatic hydroxyl groups is 2.